The zero-order valence-electron chi connectivity index (χ0n) is 10.9. The first-order valence-electron chi connectivity index (χ1n) is 6.03. The van der Waals surface area contributed by atoms with E-state index >= 15 is 0 Å². The normalized spacial score (nSPS) is 11.6. The maximum atomic E-state index is 11.7. The van der Waals surface area contributed by atoms with Gasteiger partial charge in [-0.15, -0.1) is 0 Å². The highest BCUT2D eigenvalue weighted by Crippen LogP contribution is 2.10. The first-order chi connectivity index (χ1) is 8.65. The van der Waals surface area contributed by atoms with Crippen molar-refractivity contribution in [2.45, 2.75) is 20.3 Å². The third-order valence-electron chi connectivity index (χ3n) is 2.48. The Labute approximate surface area is 109 Å². The topological polar surface area (TPSA) is 29.1 Å². The predicted molar refractivity (Wildman–Crippen MR) is 77.5 cm³/mol. The van der Waals surface area contributed by atoms with Crippen molar-refractivity contribution in [1.29, 1.82) is 0 Å². The van der Waals surface area contributed by atoms with Crippen LogP contribution >= 0.6 is 0 Å². The molecule has 0 saturated carbocycles. The summed E-state index contributed by atoms with van der Waals surface area (Å²) in [5, 5.41) is 2.83. The molecule has 1 amide bonds. The lowest BCUT2D eigenvalue weighted by Gasteiger charge is -2.03. The molecule has 0 fully saturated rings. The second-order valence-corrected chi connectivity index (χ2v) is 4.02. The number of aryl methyl sites for hydroxylation is 1. The van der Waals surface area contributed by atoms with Crippen LogP contribution in [0.4, 0.5) is 5.69 Å². The largest absolute Gasteiger partial charge is 0.323 e. The average molecular weight is 241 g/mol. The summed E-state index contributed by atoms with van der Waals surface area (Å²) in [6, 6.07) is 7.87. The number of anilines is 1. The quantitative estimate of drug-likeness (QED) is 0.615. The Morgan fingerprint density at radius 2 is 2.00 bits per heavy atom. The number of carbonyl (C=O) groups excluding carboxylic acids is 1. The number of allylic oxidation sites excluding steroid dienone is 4. The van der Waals surface area contributed by atoms with Gasteiger partial charge in [0.25, 0.3) is 0 Å². The fourth-order valence-corrected chi connectivity index (χ4v) is 1.48. The summed E-state index contributed by atoms with van der Waals surface area (Å²) in [7, 11) is 0. The Kier molecular flexibility index (Phi) is 5.65. The minimum absolute atomic E-state index is 0.120. The van der Waals surface area contributed by atoms with Crippen LogP contribution in [-0.4, -0.2) is 5.91 Å². The Morgan fingerprint density at radius 1 is 1.33 bits per heavy atom. The maximum Gasteiger partial charge on any atom is 0.248 e. The molecule has 0 radical (unpaired) electrons. The fraction of sp³-hybridized carbons (Fsp3) is 0.188. The van der Waals surface area contributed by atoms with Crippen LogP contribution in [0.5, 0.6) is 0 Å². The first-order valence-corrected chi connectivity index (χ1v) is 6.03. The van der Waals surface area contributed by atoms with Crippen molar-refractivity contribution in [2.75, 3.05) is 5.32 Å². The Balaban J connectivity index is 2.63. The van der Waals surface area contributed by atoms with Gasteiger partial charge in [-0.05, 0) is 36.6 Å². The molecule has 1 aromatic rings. The standard InChI is InChI=1S/C16H19NO/c1-4-6-7-13(3)12-16(18)17-15-10-8-14(5-2)9-11-15/h4,6-12H,1,5H2,2-3H3,(H,17,18)/b7-6-,13-12+. The second kappa shape index (κ2) is 7.28. The number of hydrogen-bond acceptors (Lipinski definition) is 1. The van der Waals surface area contributed by atoms with E-state index in [4.69, 9.17) is 0 Å². The lowest BCUT2D eigenvalue weighted by Crippen LogP contribution is -2.08. The van der Waals surface area contributed by atoms with Crippen molar-refractivity contribution in [3.63, 3.8) is 0 Å². The van der Waals surface area contributed by atoms with E-state index in [1.165, 1.54) is 5.56 Å². The number of carbonyl (C=O) groups is 1. The van der Waals surface area contributed by atoms with Gasteiger partial charge in [0.15, 0.2) is 0 Å². The van der Waals surface area contributed by atoms with Crippen molar-refractivity contribution < 1.29 is 4.79 Å². The van der Waals surface area contributed by atoms with Crippen molar-refractivity contribution in [3.05, 3.63) is 66.3 Å². The minimum Gasteiger partial charge on any atom is -0.323 e. The number of nitrogens with one attached hydrogen (secondary N) is 1. The molecule has 1 rings (SSSR count). The number of amides is 1. The van der Waals surface area contributed by atoms with Gasteiger partial charge in [0.1, 0.15) is 0 Å². The first kappa shape index (κ1) is 14.0. The van der Waals surface area contributed by atoms with E-state index in [-0.39, 0.29) is 5.91 Å². The summed E-state index contributed by atoms with van der Waals surface area (Å²) in [6.45, 7) is 7.56. The van der Waals surface area contributed by atoms with Gasteiger partial charge < -0.3 is 5.32 Å². The van der Waals surface area contributed by atoms with E-state index in [0.717, 1.165) is 17.7 Å². The lowest BCUT2D eigenvalue weighted by molar-refractivity contribution is -0.111. The lowest BCUT2D eigenvalue weighted by atomic mass is 10.1. The van der Waals surface area contributed by atoms with E-state index in [0.29, 0.717) is 0 Å². The highest BCUT2D eigenvalue weighted by Gasteiger charge is 1.98. The van der Waals surface area contributed by atoms with E-state index in [1.54, 1.807) is 18.2 Å². The molecule has 0 bridgehead atoms. The molecule has 0 aliphatic heterocycles. The van der Waals surface area contributed by atoms with Crippen LogP contribution in [-0.2, 0) is 11.2 Å². The highest BCUT2D eigenvalue weighted by atomic mass is 16.1. The van der Waals surface area contributed by atoms with E-state index in [1.807, 2.05) is 37.3 Å². The van der Waals surface area contributed by atoms with Crippen molar-refractivity contribution in [2.24, 2.45) is 0 Å². The van der Waals surface area contributed by atoms with Gasteiger partial charge in [0, 0.05) is 11.8 Å². The number of benzene rings is 1. The molecular weight excluding hydrogens is 222 g/mol. The van der Waals surface area contributed by atoms with Crippen LogP contribution in [0.3, 0.4) is 0 Å². The van der Waals surface area contributed by atoms with E-state index in [2.05, 4.69) is 18.8 Å². The molecule has 2 nitrogen and oxygen atoms in total. The molecule has 0 aromatic heterocycles. The number of hydrogen-bond donors (Lipinski definition) is 1. The van der Waals surface area contributed by atoms with Gasteiger partial charge in [0.05, 0.1) is 0 Å². The van der Waals surface area contributed by atoms with Crippen LogP contribution in [0.2, 0.25) is 0 Å². The highest BCUT2D eigenvalue weighted by molar-refractivity contribution is 5.99. The maximum absolute atomic E-state index is 11.7. The van der Waals surface area contributed by atoms with Gasteiger partial charge in [-0.3, -0.25) is 4.79 Å². The average Bonchev–Trinajstić information content (AvgIpc) is 2.37. The molecule has 1 N–H and O–H groups in total. The third-order valence-corrected chi connectivity index (χ3v) is 2.48. The van der Waals surface area contributed by atoms with Gasteiger partial charge in [-0.1, -0.05) is 43.9 Å². The Hall–Kier alpha value is -2.09. The molecule has 0 atom stereocenters. The van der Waals surface area contributed by atoms with E-state index < -0.39 is 0 Å². The SMILES string of the molecule is C=C/C=C\C(C)=C\C(=O)Nc1ccc(CC)cc1. The summed E-state index contributed by atoms with van der Waals surface area (Å²) < 4.78 is 0. The molecule has 94 valence electrons. The summed E-state index contributed by atoms with van der Waals surface area (Å²) >= 11 is 0. The molecule has 0 spiro atoms. The van der Waals surface area contributed by atoms with E-state index in [9.17, 15) is 4.79 Å². The van der Waals surface area contributed by atoms with Crippen molar-refractivity contribution in [1.82, 2.24) is 0 Å². The summed E-state index contributed by atoms with van der Waals surface area (Å²) in [6.07, 6.45) is 7.88. The molecule has 0 saturated heterocycles. The fourth-order valence-electron chi connectivity index (χ4n) is 1.48. The van der Waals surface area contributed by atoms with Crippen LogP contribution in [0.15, 0.2) is 60.7 Å². The smallest absolute Gasteiger partial charge is 0.248 e. The van der Waals surface area contributed by atoms with Gasteiger partial charge in [0.2, 0.25) is 5.91 Å². The Bertz CT molecular complexity index is 466. The predicted octanol–water partition coefficient (Wildman–Crippen LogP) is 3.88. The van der Waals surface area contributed by atoms with Crippen molar-refractivity contribution in [3.8, 4) is 0 Å². The summed E-state index contributed by atoms with van der Waals surface area (Å²) in [5.74, 6) is -0.120. The van der Waals surface area contributed by atoms with Gasteiger partial charge in [-0.2, -0.15) is 0 Å². The van der Waals surface area contributed by atoms with Crippen LogP contribution in [0, 0.1) is 0 Å². The molecule has 0 heterocycles. The minimum atomic E-state index is -0.120. The second-order valence-electron chi connectivity index (χ2n) is 4.02. The molecular formula is C16H19NO. The molecule has 1 aromatic carbocycles. The molecule has 18 heavy (non-hydrogen) atoms. The molecule has 2 heteroatoms. The van der Waals surface area contributed by atoms with Gasteiger partial charge in [-0.25, -0.2) is 0 Å². The molecule has 0 aliphatic rings. The summed E-state index contributed by atoms with van der Waals surface area (Å²) in [5.41, 5.74) is 2.96. The van der Waals surface area contributed by atoms with Gasteiger partial charge >= 0.3 is 0 Å². The number of rotatable bonds is 5. The van der Waals surface area contributed by atoms with Crippen molar-refractivity contribution >= 4 is 11.6 Å². The molecule has 0 aliphatic carbocycles. The third kappa shape index (κ3) is 4.83. The monoisotopic (exact) mass is 241 g/mol. The van der Waals surface area contributed by atoms with Crippen LogP contribution in [0.25, 0.3) is 0 Å². The van der Waals surface area contributed by atoms with Crippen LogP contribution in [0.1, 0.15) is 19.4 Å². The zero-order chi connectivity index (χ0) is 13.4. The Morgan fingerprint density at radius 3 is 2.56 bits per heavy atom. The van der Waals surface area contributed by atoms with Crippen LogP contribution < -0.4 is 5.32 Å². The molecule has 0 unspecified atom stereocenters. The summed E-state index contributed by atoms with van der Waals surface area (Å²) in [4.78, 5) is 11.7. The zero-order valence-corrected chi connectivity index (χ0v) is 10.9.